The molecule has 0 spiro atoms. The van der Waals surface area contributed by atoms with Crippen LogP contribution in [0.5, 0.6) is 0 Å². The van der Waals surface area contributed by atoms with Crippen molar-refractivity contribution >= 4 is 26.0 Å². The molecule has 2 unspecified atom stereocenters. The summed E-state index contributed by atoms with van der Waals surface area (Å²) >= 11 is 3.31. The molecule has 1 aromatic carbocycles. The highest BCUT2D eigenvalue weighted by Crippen LogP contribution is 2.24. The normalized spacial score (nSPS) is 24.4. The SMILES string of the molecule is Cc1ccc(Br)c(S(=O)(=O)NC2CCNCC2C)c1. The Labute approximate surface area is 123 Å². The van der Waals surface area contributed by atoms with Crippen LogP contribution in [0.4, 0.5) is 0 Å². The first-order valence-corrected chi connectivity index (χ1v) is 8.67. The van der Waals surface area contributed by atoms with E-state index in [-0.39, 0.29) is 6.04 Å². The Morgan fingerprint density at radius 2 is 2.16 bits per heavy atom. The summed E-state index contributed by atoms with van der Waals surface area (Å²) < 4.78 is 28.4. The molecule has 1 heterocycles. The van der Waals surface area contributed by atoms with E-state index in [4.69, 9.17) is 0 Å². The van der Waals surface area contributed by atoms with Crippen molar-refractivity contribution in [2.24, 2.45) is 5.92 Å². The first-order chi connectivity index (χ1) is 8.90. The van der Waals surface area contributed by atoms with Crippen molar-refractivity contribution in [3.05, 3.63) is 28.2 Å². The molecule has 1 aromatic rings. The van der Waals surface area contributed by atoms with Crippen LogP contribution in [0.1, 0.15) is 18.9 Å². The number of piperidine rings is 1. The third-order valence-corrected chi connectivity index (χ3v) is 5.95. The molecule has 2 rings (SSSR count). The van der Waals surface area contributed by atoms with Crippen LogP contribution in [0.3, 0.4) is 0 Å². The topological polar surface area (TPSA) is 58.2 Å². The van der Waals surface area contributed by atoms with E-state index >= 15 is 0 Å². The Morgan fingerprint density at radius 1 is 1.42 bits per heavy atom. The van der Waals surface area contributed by atoms with E-state index in [1.165, 1.54) is 0 Å². The van der Waals surface area contributed by atoms with Crippen molar-refractivity contribution in [3.8, 4) is 0 Å². The monoisotopic (exact) mass is 346 g/mol. The highest BCUT2D eigenvalue weighted by Gasteiger charge is 2.27. The smallest absolute Gasteiger partial charge is 0.241 e. The van der Waals surface area contributed by atoms with Gasteiger partial charge in [0.1, 0.15) is 0 Å². The molecule has 1 saturated heterocycles. The van der Waals surface area contributed by atoms with Crippen molar-refractivity contribution < 1.29 is 8.42 Å². The second-order valence-corrected chi connectivity index (χ2v) is 7.67. The van der Waals surface area contributed by atoms with Gasteiger partial charge in [0.05, 0.1) is 4.90 Å². The van der Waals surface area contributed by atoms with E-state index in [1.54, 1.807) is 12.1 Å². The van der Waals surface area contributed by atoms with Crippen LogP contribution < -0.4 is 10.0 Å². The summed E-state index contributed by atoms with van der Waals surface area (Å²) in [5, 5.41) is 3.27. The molecule has 2 atom stereocenters. The van der Waals surface area contributed by atoms with E-state index < -0.39 is 10.0 Å². The van der Waals surface area contributed by atoms with Crippen LogP contribution in [0.15, 0.2) is 27.6 Å². The minimum Gasteiger partial charge on any atom is -0.316 e. The standard InChI is InChI=1S/C13H19BrN2O2S/c1-9-3-4-11(14)13(7-9)19(17,18)16-12-5-6-15-8-10(12)2/h3-4,7,10,12,15-16H,5-6,8H2,1-2H3. The largest absolute Gasteiger partial charge is 0.316 e. The predicted octanol–water partition coefficient (Wildman–Crippen LogP) is 2.03. The second kappa shape index (κ2) is 5.91. The number of nitrogens with one attached hydrogen (secondary N) is 2. The number of hydrogen-bond acceptors (Lipinski definition) is 3. The fraction of sp³-hybridized carbons (Fsp3) is 0.538. The van der Waals surface area contributed by atoms with Crippen molar-refractivity contribution in [3.63, 3.8) is 0 Å². The van der Waals surface area contributed by atoms with E-state index in [1.807, 2.05) is 13.0 Å². The van der Waals surface area contributed by atoms with Crippen molar-refractivity contribution in [2.45, 2.75) is 31.2 Å². The third kappa shape index (κ3) is 3.56. The molecule has 0 amide bonds. The molecule has 0 aromatic heterocycles. The molecule has 1 aliphatic heterocycles. The molecule has 2 N–H and O–H groups in total. The van der Waals surface area contributed by atoms with Crippen LogP contribution in [0.25, 0.3) is 0 Å². The summed E-state index contributed by atoms with van der Waals surface area (Å²) in [5.41, 5.74) is 0.932. The first-order valence-electron chi connectivity index (χ1n) is 6.39. The van der Waals surface area contributed by atoms with Gasteiger partial charge in [-0.3, -0.25) is 0 Å². The number of hydrogen-bond donors (Lipinski definition) is 2. The quantitative estimate of drug-likeness (QED) is 0.880. The summed E-state index contributed by atoms with van der Waals surface area (Å²) in [6.07, 6.45) is 0.823. The molecule has 6 heteroatoms. The molecule has 4 nitrogen and oxygen atoms in total. The maximum absolute atomic E-state index is 12.5. The van der Waals surface area contributed by atoms with Gasteiger partial charge in [-0.05, 0) is 66.0 Å². The van der Waals surface area contributed by atoms with E-state index in [2.05, 4.69) is 32.9 Å². The molecule has 19 heavy (non-hydrogen) atoms. The van der Waals surface area contributed by atoms with Gasteiger partial charge in [0.25, 0.3) is 0 Å². The van der Waals surface area contributed by atoms with Gasteiger partial charge in [0, 0.05) is 10.5 Å². The maximum Gasteiger partial charge on any atom is 0.241 e. The summed E-state index contributed by atoms with van der Waals surface area (Å²) in [7, 11) is -3.47. The lowest BCUT2D eigenvalue weighted by molar-refractivity contribution is 0.328. The Balaban J connectivity index is 2.24. The van der Waals surface area contributed by atoms with Gasteiger partial charge < -0.3 is 5.32 Å². The van der Waals surface area contributed by atoms with Crippen LogP contribution in [-0.2, 0) is 10.0 Å². The Bertz CT molecular complexity index is 560. The molecular formula is C13H19BrN2O2S. The van der Waals surface area contributed by atoms with Crippen molar-refractivity contribution in [2.75, 3.05) is 13.1 Å². The summed E-state index contributed by atoms with van der Waals surface area (Å²) in [5.74, 6) is 0.298. The fourth-order valence-corrected chi connectivity index (χ4v) is 4.70. The van der Waals surface area contributed by atoms with Gasteiger partial charge in [0.2, 0.25) is 10.0 Å². The lowest BCUT2D eigenvalue weighted by atomic mass is 9.97. The molecular weight excluding hydrogens is 328 g/mol. The van der Waals surface area contributed by atoms with Crippen molar-refractivity contribution in [1.29, 1.82) is 0 Å². The zero-order chi connectivity index (χ0) is 14.0. The lowest BCUT2D eigenvalue weighted by Crippen LogP contribution is -2.48. The molecule has 0 bridgehead atoms. The fourth-order valence-electron chi connectivity index (χ4n) is 2.27. The number of halogens is 1. The zero-order valence-electron chi connectivity index (χ0n) is 11.1. The summed E-state index contributed by atoms with van der Waals surface area (Å²) in [4.78, 5) is 0.318. The van der Waals surface area contributed by atoms with Crippen molar-refractivity contribution in [1.82, 2.24) is 10.0 Å². The Kier molecular flexibility index (Phi) is 4.66. The first kappa shape index (κ1) is 15.0. The molecule has 1 aliphatic rings. The van der Waals surface area contributed by atoms with Gasteiger partial charge >= 0.3 is 0 Å². The number of benzene rings is 1. The highest BCUT2D eigenvalue weighted by atomic mass is 79.9. The van der Waals surface area contributed by atoms with Gasteiger partial charge in [0.15, 0.2) is 0 Å². The Morgan fingerprint density at radius 3 is 2.84 bits per heavy atom. The third-order valence-electron chi connectivity index (χ3n) is 3.47. The molecule has 1 fully saturated rings. The number of sulfonamides is 1. The molecule has 0 saturated carbocycles. The number of rotatable bonds is 3. The average Bonchev–Trinajstić information content (AvgIpc) is 2.35. The molecule has 0 aliphatic carbocycles. The van der Waals surface area contributed by atoms with E-state index in [0.717, 1.165) is 25.1 Å². The van der Waals surface area contributed by atoms with E-state index in [9.17, 15) is 8.42 Å². The lowest BCUT2D eigenvalue weighted by Gasteiger charge is -2.30. The minimum absolute atomic E-state index is 0.00124. The van der Waals surface area contributed by atoms with Crippen LogP contribution in [-0.4, -0.2) is 27.5 Å². The van der Waals surface area contributed by atoms with E-state index in [0.29, 0.717) is 15.3 Å². The second-order valence-electron chi connectivity index (χ2n) is 5.13. The number of aryl methyl sites for hydroxylation is 1. The van der Waals surface area contributed by atoms with Gasteiger partial charge in [-0.15, -0.1) is 0 Å². The predicted molar refractivity (Wildman–Crippen MR) is 79.6 cm³/mol. The van der Waals surface area contributed by atoms with Crippen LogP contribution in [0.2, 0.25) is 0 Å². The Hall–Kier alpha value is -0.430. The summed E-state index contributed by atoms with van der Waals surface area (Å²) in [6.45, 7) is 5.65. The average molecular weight is 347 g/mol. The maximum atomic E-state index is 12.5. The zero-order valence-corrected chi connectivity index (χ0v) is 13.5. The van der Waals surface area contributed by atoms with Gasteiger partial charge in [-0.25, -0.2) is 13.1 Å². The van der Waals surface area contributed by atoms with Gasteiger partial charge in [-0.2, -0.15) is 0 Å². The van der Waals surface area contributed by atoms with Crippen LogP contribution in [0, 0.1) is 12.8 Å². The molecule has 0 radical (unpaired) electrons. The highest BCUT2D eigenvalue weighted by molar-refractivity contribution is 9.10. The molecule has 106 valence electrons. The minimum atomic E-state index is -3.47. The summed E-state index contributed by atoms with van der Waals surface area (Å²) in [6, 6.07) is 5.35. The van der Waals surface area contributed by atoms with Crippen LogP contribution >= 0.6 is 15.9 Å². The van der Waals surface area contributed by atoms with Gasteiger partial charge in [-0.1, -0.05) is 13.0 Å².